The number of H-pyrrole nitrogens is 2. The summed E-state index contributed by atoms with van der Waals surface area (Å²) in [7, 11) is 0. The molecule has 2 N–H and O–H groups in total. The second-order valence-corrected chi connectivity index (χ2v) is 7.06. The van der Waals surface area contributed by atoms with Gasteiger partial charge in [0, 0.05) is 38.3 Å². The van der Waals surface area contributed by atoms with Crippen molar-refractivity contribution in [2.45, 2.75) is 39.0 Å². The first-order valence-corrected chi connectivity index (χ1v) is 8.90. The molecule has 1 aliphatic carbocycles. The third-order valence-electron chi connectivity index (χ3n) is 5.29. The number of nitrogens with zero attached hydrogens (tertiary/aromatic N) is 2. The third-order valence-corrected chi connectivity index (χ3v) is 5.29. The van der Waals surface area contributed by atoms with E-state index < -0.39 is 0 Å². The fraction of sp³-hybridized carbons (Fsp3) is 0.706. The zero-order valence-corrected chi connectivity index (χ0v) is 14.2. The normalized spacial score (nSPS) is 20.4. The highest BCUT2D eigenvalue weighted by atomic mass is 16.2. The molecule has 3 rings (SSSR count). The first-order chi connectivity index (χ1) is 11.5. The second kappa shape index (κ2) is 7.23. The molecule has 2 fully saturated rings. The molecule has 2 aliphatic rings. The van der Waals surface area contributed by atoms with Crippen LogP contribution in [-0.2, 0) is 4.79 Å². The van der Waals surface area contributed by atoms with E-state index in [4.69, 9.17) is 0 Å². The Hall–Kier alpha value is -2.05. The van der Waals surface area contributed by atoms with E-state index >= 15 is 0 Å². The van der Waals surface area contributed by atoms with Gasteiger partial charge in [-0.1, -0.05) is 32.6 Å². The van der Waals surface area contributed by atoms with Gasteiger partial charge in [-0.2, -0.15) is 0 Å². The quantitative estimate of drug-likeness (QED) is 0.867. The summed E-state index contributed by atoms with van der Waals surface area (Å²) in [5, 5.41) is 0. The fourth-order valence-corrected chi connectivity index (χ4v) is 3.91. The minimum absolute atomic E-state index is 0.0661. The van der Waals surface area contributed by atoms with Gasteiger partial charge in [0.2, 0.25) is 5.91 Å². The number of nitrogens with one attached hydrogen (secondary N) is 2. The second-order valence-electron chi connectivity index (χ2n) is 7.06. The van der Waals surface area contributed by atoms with Gasteiger partial charge in [-0.3, -0.25) is 9.59 Å². The predicted molar refractivity (Wildman–Crippen MR) is 89.6 cm³/mol. The number of aromatic nitrogens is 2. The number of amides is 2. The molecule has 1 aromatic heterocycles. The molecule has 7 heteroatoms. The Balaban J connectivity index is 1.49. The van der Waals surface area contributed by atoms with Crippen LogP contribution in [0.4, 0.5) is 0 Å². The molecule has 1 saturated heterocycles. The maximum absolute atomic E-state index is 12.6. The Morgan fingerprint density at radius 3 is 2.38 bits per heavy atom. The Morgan fingerprint density at radius 2 is 1.79 bits per heavy atom. The number of rotatable bonds is 4. The van der Waals surface area contributed by atoms with Gasteiger partial charge in [0.1, 0.15) is 5.69 Å². The number of hydrogen-bond acceptors (Lipinski definition) is 3. The molecule has 0 radical (unpaired) electrons. The van der Waals surface area contributed by atoms with Crippen molar-refractivity contribution in [2.75, 3.05) is 26.2 Å². The molecule has 1 aliphatic heterocycles. The lowest BCUT2D eigenvalue weighted by atomic mass is 9.93. The van der Waals surface area contributed by atoms with Gasteiger partial charge in [-0.25, -0.2) is 4.79 Å². The molecule has 132 valence electrons. The standard InChI is InChI=1S/C17H26N4O3/c1-12(10-13-4-2-3-5-13)15(22)20-6-8-21(9-7-20)16(23)14-11-18-17(24)19-14/h11-13H,2-10H2,1H3,(H2,18,19,24)/t12-/m1/s1. The summed E-state index contributed by atoms with van der Waals surface area (Å²) in [6, 6.07) is 0. The number of carbonyl (C=O) groups is 2. The summed E-state index contributed by atoms with van der Waals surface area (Å²) >= 11 is 0. The van der Waals surface area contributed by atoms with E-state index in [1.165, 1.54) is 31.9 Å². The van der Waals surface area contributed by atoms with E-state index in [-0.39, 0.29) is 29.1 Å². The van der Waals surface area contributed by atoms with E-state index in [0.717, 1.165) is 6.42 Å². The zero-order chi connectivity index (χ0) is 17.1. The van der Waals surface area contributed by atoms with Crippen LogP contribution >= 0.6 is 0 Å². The average molecular weight is 334 g/mol. The van der Waals surface area contributed by atoms with Crippen LogP contribution in [0.5, 0.6) is 0 Å². The monoisotopic (exact) mass is 334 g/mol. The lowest BCUT2D eigenvalue weighted by molar-refractivity contribution is -0.137. The highest BCUT2D eigenvalue weighted by Crippen LogP contribution is 2.30. The van der Waals surface area contributed by atoms with Gasteiger partial charge in [0.15, 0.2) is 0 Å². The van der Waals surface area contributed by atoms with Gasteiger partial charge in [0.25, 0.3) is 5.91 Å². The number of carbonyl (C=O) groups excluding carboxylic acids is 2. The third kappa shape index (κ3) is 3.71. The summed E-state index contributed by atoms with van der Waals surface area (Å²) in [5.74, 6) is 0.789. The Kier molecular flexibility index (Phi) is 5.06. The van der Waals surface area contributed by atoms with Crippen LogP contribution in [0.25, 0.3) is 0 Å². The molecule has 0 aromatic carbocycles. The molecule has 1 saturated carbocycles. The molecule has 1 aromatic rings. The Bertz CT molecular complexity index is 636. The van der Waals surface area contributed by atoms with Crippen LogP contribution in [0.15, 0.2) is 11.0 Å². The van der Waals surface area contributed by atoms with Crippen molar-refractivity contribution < 1.29 is 9.59 Å². The molecule has 24 heavy (non-hydrogen) atoms. The molecule has 1 atom stereocenters. The van der Waals surface area contributed by atoms with Crippen molar-refractivity contribution in [1.82, 2.24) is 19.8 Å². The van der Waals surface area contributed by atoms with Gasteiger partial charge in [-0.05, 0) is 12.3 Å². The van der Waals surface area contributed by atoms with Crippen LogP contribution < -0.4 is 5.69 Å². The molecule has 0 spiro atoms. The molecule has 7 nitrogen and oxygen atoms in total. The highest BCUT2D eigenvalue weighted by molar-refractivity contribution is 5.92. The van der Waals surface area contributed by atoms with Crippen LogP contribution in [0.2, 0.25) is 0 Å². The van der Waals surface area contributed by atoms with Crippen LogP contribution in [0, 0.1) is 11.8 Å². The zero-order valence-electron chi connectivity index (χ0n) is 14.2. The van der Waals surface area contributed by atoms with E-state index in [9.17, 15) is 14.4 Å². The minimum atomic E-state index is -0.382. The lowest BCUT2D eigenvalue weighted by Crippen LogP contribution is -2.52. The van der Waals surface area contributed by atoms with Crippen LogP contribution in [0.1, 0.15) is 49.5 Å². The smallest absolute Gasteiger partial charge is 0.323 e. The topological polar surface area (TPSA) is 89.3 Å². The Labute approximate surface area is 141 Å². The van der Waals surface area contributed by atoms with E-state index in [1.54, 1.807) is 4.90 Å². The van der Waals surface area contributed by atoms with Crippen molar-refractivity contribution in [1.29, 1.82) is 0 Å². The van der Waals surface area contributed by atoms with Crippen molar-refractivity contribution in [3.8, 4) is 0 Å². The average Bonchev–Trinajstić information content (AvgIpc) is 3.25. The van der Waals surface area contributed by atoms with Crippen molar-refractivity contribution in [3.63, 3.8) is 0 Å². The molecule has 2 amide bonds. The Morgan fingerprint density at radius 1 is 1.17 bits per heavy atom. The molecule has 2 heterocycles. The minimum Gasteiger partial charge on any atom is -0.339 e. The lowest BCUT2D eigenvalue weighted by Gasteiger charge is -2.36. The molecule has 0 bridgehead atoms. The SMILES string of the molecule is C[C@H](CC1CCCC1)C(=O)N1CCN(C(=O)c2c[nH]c(=O)[nH]2)CC1. The largest absolute Gasteiger partial charge is 0.339 e. The first kappa shape index (κ1) is 16.8. The van der Waals surface area contributed by atoms with Gasteiger partial charge >= 0.3 is 5.69 Å². The summed E-state index contributed by atoms with van der Waals surface area (Å²) in [6.45, 7) is 4.17. The van der Waals surface area contributed by atoms with Gasteiger partial charge < -0.3 is 19.8 Å². The summed E-state index contributed by atoms with van der Waals surface area (Å²) in [5.41, 5.74) is -0.109. The fourth-order valence-electron chi connectivity index (χ4n) is 3.91. The number of imidazole rings is 1. The molecular formula is C17H26N4O3. The number of aromatic amines is 2. The van der Waals surface area contributed by atoms with Crippen molar-refractivity contribution in [3.05, 3.63) is 22.4 Å². The highest BCUT2D eigenvalue weighted by Gasteiger charge is 2.29. The van der Waals surface area contributed by atoms with Crippen LogP contribution in [0.3, 0.4) is 0 Å². The predicted octanol–water partition coefficient (Wildman–Crippen LogP) is 1.20. The summed E-state index contributed by atoms with van der Waals surface area (Å²) in [4.78, 5) is 44.5. The molecule has 0 unspecified atom stereocenters. The van der Waals surface area contributed by atoms with Crippen molar-refractivity contribution >= 4 is 11.8 Å². The number of hydrogen-bond donors (Lipinski definition) is 2. The summed E-state index contributed by atoms with van der Waals surface area (Å²) < 4.78 is 0. The maximum atomic E-state index is 12.6. The molecular weight excluding hydrogens is 308 g/mol. The van der Waals surface area contributed by atoms with E-state index in [1.807, 2.05) is 11.8 Å². The van der Waals surface area contributed by atoms with Gasteiger partial charge in [-0.15, -0.1) is 0 Å². The van der Waals surface area contributed by atoms with E-state index in [2.05, 4.69) is 9.97 Å². The first-order valence-electron chi connectivity index (χ1n) is 8.90. The summed E-state index contributed by atoms with van der Waals surface area (Å²) in [6.07, 6.45) is 7.50. The maximum Gasteiger partial charge on any atom is 0.323 e. The number of piperazine rings is 1. The van der Waals surface area contributed by atoms with E-state index in [0.29, 0.717) is 32.1 Å². The van der Waals surface area contributed by atoms with Crippen molar-refractivity contribution in [2.24, 2.45) is 11.8 Å². The van der Waals surface area contributed by atoms with Gasteiger partial charge in [0.05, 0.1) is 0 Å². The van der Waals surface area contributed by atoms with Crippen LogP contribution in [-0.4, -0.2) is 57.8 Å².